The zero-order valence-electron chi connectivity index (χ0n) is 14.8. The number of ether oxygens (including phenoxy) is 2. The monoisotopic (exact) mass is 355 g/mol. The molecule has 4 rings (SSSR count). The van der Waals surface area contributed by atoms with Gasteiger partial charge in [0.05, 0.1) is 6.54 Å². The summed E-state index contributed by atoms with van der Waals surface area (Å²) in [6.07, 6.45) is 1.47. The Labute approximate surface area is 151 Å². The highest BCUT2D eigenvalue weighted by Crippen LogP contribution is 2.36. The number of nitrogens with zero attached hydrogens (tertiary/aromatic N) is 2. The molecule has 0 saturated heterocycles. The molecule has 0 spiro atoms. The molecule has 1 aromatic heterocycles. The number of benzene rings is 1. The first-order valence-corrected chi connectivity index (χ1v) is 8.56. The number of hydrogen-bond acceptors (Lipinski definition) is 7. The van der Waals surface area contributed by atoms with E-state index in [2.05, 4.69) is 39.8 Å². The SMILES string of the molecule is CC(C)(CNc1ncnc2c1NC(=O)CN2)c1ccc2c(c1)OCCO2. The molecule has 1 amide bonds. The van der Waals surface area contributed by atoms with Crippen LogP contribution in [0.3, 0.4) is 0 Å². The summed E-state index contributed by atoms with van der Waals surface area (Å²) in [4.78, 5) is 20.1. The minimum absolute atomic E-state index is 0.110. The molecule has 0 aliphatic carbocycles. The van der Waals surface area contributed by atoms with Crippen LogP contribution in [-0.4, -0.2) is 42.2 Å². The Kier molecular flexibility index (Phi) is 4.02. The van der Waals surface area contributed by atoms with Gasteiger partial charge in [-0.15, -0.1) is 0 Å². The second-order valence-electron chi connectivity index (χ2n) is 6.94. The number of nitrogens with one attached hydrogen (secondary N) is 3. The number of rotatable bonds is 4. The van der Waals surface area contributed by atoms with Gasteiger partial charge in [0.25, 0.3) is 0 Å². The van der Waals surface area contributed by atoms with Crippen molar-refractivity contribution in [3.8, 4) is 11.5 Å². The molecule has 8 nitrogen and oxygen atoms in total. The first-order valence-electron chi connectivity index (χ1n) is 8.56. The third kappa shape index (κ3) is 3.10. The molecule has 2 aliphatic rings. The van der Waals surface area contributed by atoms with Crippen molar-refractivity contribution < 1.29 is 14.3 Å². The van der Waals surface area contributed by atoms with Crippen LogP contribution < -0.4 is 25.4 Å². The number of amides is 1. The Balaban J connectivity index is 1.53. The summed E-state index contributed by atoms with van der Waals surface area (Å²) >= 11 is 0. The smallest absolute Gasteiger partial charge is 0.243 e. The molecule has 26 heavy (non-hydrogen) atoms. The summed E-state index contributed by atoms with van der Waals surface area (Å²) in [5.74, 6) is 2.67. The van der Waals surface area contributed by atoms with Crippen LogP contribution in [0, 0.1) is 0 Å². The molecule has 8 heteroatoms. The van der Waals surface area contributed by atoms with Gasteiger partial charge in [0.2, 0.25) is 5.91 Å². The molecule has 136 valence electrons. The molecule has 0 radical (unpaired) electrons. The van der Waals surface area contributed by atoms with E-state index in [9.17, 15) is 4.79 Å². The highest BCUT2D eigenvalue weighted by atomic mass is 16.6. The number of hydrogen-bond donors (Lipinski definition) is 3. The van der Waals surface area contributed by atoms with E-state index in [0.29, 0.717) is 37.1 Å². The zero-order chi connectivity index (χ0) is 18.1. The Morgan fingerprint density at radius 2 is 2.00 bits per heavy atom. The predicted molar refractivity (Wildman–Crippen MR) is 98.1 cm³/mol. The molecule has 1 aromatic carbocycles. The summed E-state index contributed by atoms with van der Waals surface area (Å²) in [7, 11) is 0. The van der Waals surface area contributed by atoms with Gasteiger partial charge in [0.15, 0.2) is 23.1 Å². The van der Waals surface area contributed by atoms with Crippen molar-refractivity contribution in [2.45, 2.75) is 19.3 Å². The van der Waals surface area contributed by atoms with Gasteiger partial charge in [-0.3, -0.25) is 4.79 Å². The van der Waals surface area contributed by atoms with E-state index in [4.69, 9.17) is 9.47 Å². The minimum atomic E-state index is -0.195. The summed E-state index contributed by atoms with van der Waals surface area (Å²) in [6.45, 7) is 6.24. The number of anilines is 3. The first kappa shape index (κ1) is 16.4. The second kappa shape index (κ2) is 6.36. The maximum absolute atomic E-state index is 11.7. The second-order valence-corrected chi connectivity index (χ2v) is 6.94. The summed E-state index contributed by atoms with van der Waals surface area (Å²) in [5.41, 5.74) is 1.51. The van der Waals surface area contributed by atoms with Gasteiger partial charge >= 0.3 is 0 Å². The third-order valence-corrected chi connectivity index (χ3v) is 4.55. The largest absolute Gasteiger partial charge is 0.486 e. The van der Waals surface area contributed by atoms with Crippen molar-refractivity contribution in [3.63, 3.8) is 0 Å². The molecule has 0 saturated carbocycles. The highest BCUT2D eigenvalue weighted by Gasteiger charge is 2.25. The molecular formula is C18H21N5O3. The standard InChI is InChI=1S/C18H21N5O3/c1-18(2,11-3-4-12-13(7-11)26-6-5-25-12)9-20-17-15-16(21-10-22-17)19-8-14(24)23-15/h3-4,7,10H,5-6,8-9H2,1-2H3,(H,23,24)(H2,19,20,21,22). The molecule has 0 bridgehead atoms. The van der Waals surface area contributed by atoms with Crippen LogP contribution in [0.2, 0.25) is 0 Å². The first-order chi connectivity index (χ1) is 12.5. The summed E-state index contributed by atoms with van der Waals surface area (Å²) in [6, 6.07) is 6.02. The van der Waals surface area contributed by atoms with Crippen LogP contribution in [0.15, 0.2) is 24.5 Å². The van der Waals surface area contributed by atoms with E-state index in [1.54, 1.807) is 0 Å². The molecular weight excluding hydrogens is 334 g/mol. The quantitative estimate of drug-likeness (QED) is 0.772. The molecule has 2 aromatic rings. The van der Waals surface area contributed by atoms with Gasteiger partial charge in [0.1, 0.15) is 25.2 Å². The Bertz CT molecular complexity index is 853. The van der Waals surface area contributed by atoms with Crippen LogP contribution >= 0.6 is 0 Å². The fourth-order valence-corrected chi connectivity index (χ4v) is 2.99. The lowest BCUT2D eigenvalue weighted by Crippen LogP contribution is -2.31. The fourth-order valence-electron chi connectivity index (χ4n) is 2.99. The topological polar surface area (TPSA) is 97.4 Å². The van der Waals surface area contributed by atoms with Gasteiger partial charge < -0.3 is 25.4 Å². The van der Waals surface area contributed by atoms with Gasteiger partial charge in [-0.05, 0) is 17.7 Å². The minimum Gasteiger partial charge on any atom is -0.486 e. The van der Waals surface area contributed by atoms with Crippen molar-refractivity contribution in [3.05, 3.63) is 30.1 Å². The van der Waals surface area contributed by atoms with Gasteiger partial charge in [-0.2, -0.15) is 0 Å². The van der Waals surface area contributed by atoms with Gasteiger partial charge in [-0.25, -0.2) is 9.97 Å². The predicted octanol–water partition coefficient (Wildman–Crippen LogP) is 2.00. The van der Waals surface area contributed by atoms with Crippen LogP contribution in [0.5, 0.6) is 11.5 Å². The van der Waals surface area contributed by atoms with Crippen LogP contribution in [-0.2, 0) is 10.2 Å². The lowest BCUT2D eigenvalue weighted by atomic mass is 9.84. The third-order valence-electron chi connectivity index (χ3n) is 4.55. The highest BCUT2D eigenvalue weighted by molar-refractivity contribution is 6.02. The maximum Gasteiger partial charge on any atom is 0.243 e. The van der Waals surface area contributed by atoms with E-state index < -0.39 is 0 Å². The summed E-state index contributed by atoms with van der Waals surface area (Å²) in [5, 5.41) is 9.14. The number of aromatic nitrogens is 2. The van der Waals surface area contributed by atoms with Crippen LogP contribution in [0.25, 0.3) is 0 Å². The number of carbonyl (C=O) groups is 1. The van der Waals surface area contributed by atoms with Crippen LogP contribution in [0.4, 0.5) is 17.3 Å². The van der Waals surface area contributed by atoms with E-state index in [0.717, 1.165) is 17.1 Å². The normalized spacial score (nSPS) is 15.5. The van der Waals surface area contributed by atoms with E-state index in [-0.39, 0.29) is 17.9 Å². The molecule has 0 atom stereocenters. The van der Waals surface area contributed by atoms with Crippen LogP contribution in [0.1, 0.15) is 19.4 Å². The number of carbonyl (C=O) groups excluding carboxylic acids is 1. The summed E-state index contributed by atoms with van der Waals surface area (Å²) < 4.78 is 11.3. The van der Waals surface area contributed by atoms with Crippen molar-refractivity contribution >= 4 is 23.2 Å². The van der Waals surface area contributed by atoms with E-state index in [1.165, 1.54) is 6.33 Å². The molecule has 0 unspecified atom stereocenters. The van der Waals surface area contributed by atoms with Crippen molar-refractivity contribution in [2.75, 3.05) is 42.3 Å². The van der Waals surface area contributed by atoms with Gasteiger partial charge in [-0.1, -0.05) is 19.9 Å². The van der Waals surface area contributed by atoms with Crippen molar-refractivity contribution in [2.24, 2.45) is 0 Å². The Morgan fingerprint density at radius 1 is 1.19 bits per heavy atom. The molecule has 0 fully saturated rings. The molecule has 3 heterocycles. The van der Waals surface area contributed by atoms with Crippen molar-refractivity contribution in [1.29, 1.82) is 0 Å². The average Bonchev–Trinajstić information content (AvgIpc) is 2.66. The number of fused-ring (bicyclic) bond motifs is 2. The van der Waals surface area contributed by atoms with E-state index in [1.807, 2.05) is 18.2 Å². The Morgan fingerprint density at radius 3 is 2.85 bits per heavy atom. The lowest BCUT2D eigenvalue weighted by molar-refractivity contribution is -0.114. The fraction of sp³-hybridized carbons (Fsp3) is 0.389. The van der Waals surface area contributed by atoms with E-state index >= 15 is 0 Å². The Hall–Kier alpha value is -3.03. The maximum atomic E-state index is 11.7. The lowest BCUT2D eigenvalue weighted by Gasteiger charge is -2.29. The van der Waals surface area contributed by atoms with Gasteiger partial charge in [0, 0.05) is 12.0 Å². The molecule has 3 N–H and O–H groups in total. The van der Waals surface area contributed by atoms with Crippen molar-refractivity contribution in [1.82, 2.24) is 9.97 Å². The average molecular weight is 355 g/mol. The zero-order valence-corrected chi connectivity index (χ0v) is 14.8. The molecule has 2 aliphatic heterocycles.